The quantitative estimate of drug-likeness (QED) is 0.425. The van der Waals surface area contributed by atoms with E-state index in [0.29, 0.717) is 27.8 Å². The largest absolute Gasteiger partial charge is 0.272 e. The van der Waals surface area contributed by atoms with Crippen LogP contribution in [0, 0.1) is 25.7 Å². The fourth-order valence-electron chi connectivity index (χ4n) is 5.03. The molecule has 0 unspecified atom stereocenters. The highest BCUT2D eigenvalue weighted by Crippen LogP contribution is 2.44. The van der Waals surface area contributed by atoms with Crippen LogP contribution in [0.1, 0.15) is 36.5 Å². The van der Waals surface area contributed by atoms with Gasteiger partial charge in [-0.25, -0.2) is 10.0 Å². The van der Waals surface area contributed by atoms with Crippen molar-refractivity contribution in [3.8, 4) is 0 Å². The van der Waals surface area contributed by atoms with Gasteiger partial charge in [0.15, 0.2) is 0 Å². The maximum absolute atomic E-state index is 13.9. The predicted octanol–water partition coefficient (Wildman–Crippen LogP) is 6.12. The van der Waals surface area contributed by atoms with Gasteiger partial charge in [-0.1, -0.05) is 65.2 Å². The number of amides is 2. The van der Waals surface area contributed by atoms with Gasteiger partial charge in [-0.2, -0.15) is 10.2 Å². The molecule has 0 saturated carbocycles. The highest BCUT2D eigenvalue weighted by atomic mass is 35.5. The molecule has 0 aliphatic carbocycles. The Bertz CT molecular complexity index is 1310. The van der Waals surface area contributed by atoms with E-state index >= 15 is 0 Å². The monoisotopic (exact) mass is 498 g/mol. The fraction of sp³-hybridized carbons (Fsp3) is 0.241. The first-order valence-corrected chi connectivity index (χ1v) is 12.3. The van der Waals surface area contributed by atoms with Crippen LogP contribution in [0.3, 0.4) is 0 Å². The summed E-state index contributed by atoms with van der Waals surface area (Å²) in [6.07, 6.45) is 0. The van der Waals surface area contributed by atoms with Gasteiger partial charge in [0.25, 0.3) is 11.8 Å². The molecule has 2 aliphatic heterocycles. The minimum Gasteiger partial charge on any atom is -0.272 e. The van der Waals surface area contributed by atoms with Crippen molar-refractivity contribution in [3.63, 3.8) is 0 Å². The molecule has 3 aromatic rings. The molecule has 2 heterocycles. The minimum absolute atomic E-state index is 0.185. The van der Waals surface area contributed by atoms with Crippen LogP contribution in [0.25, 0.3) is 0 Å². The van der Waals surface area contributed by atoms with Gasteiger partial charge in [0, 0.05) is 22.4 Å². The molecule has 6 nitrogen and oxygen atoms in total. The Morgan fingerprint density at radius 2 is 1.08 bits per heavy atom. The SMILES string of the molecule is CC1=NN(c2ccc(C)cc2)C(=O)[C@@H]1C(c1ccccc1Cl)[C@H]1C(=O)N(c2ccc(C)cc2)N=C1C. The third kappa shape index (κ3) is 4.11. The molecular weight excluding hydrogens is 472 g/mol. The minimum atomic E-state index is -0.664. The van der Waals surface area contributed by atoms with E-state index in [4.69, 9.17) is 11.6 Å². The van der Waals surface area contributed by atoms with E-state index in [0.717, 1.165) is 16.7 Å². The van der Waals surface area contributed by atoms with E-state index in [2.05, 4.69) is 10.2 Å². The molecule has 0 N–H and O–H groups in total. The van der Waals surface area contributed by atoms with Crippen molar-refractivity contribution < 1.29 is 9.59 Å². The Morgan fingerprint density at radius 3 is 1.50 bits per heavy atom. The molecule has 7 heteroatoms. The van der Waals surface area contributed by atoms with Gasteiger partial charge >= 0.3 is 0 Å². The molecule has 0 aromatic heterocycles. The number of hydrazone groups is 2. The van der Waals surface area contributed by atoms with E-state index in [1.54, 1.807) is 6.07 Å². The highest BCUT2D eigenvalue weighted by molar-refractivity contribution is 6.31. The molecule has 182 valence electrons. The van der Waals surface area contributed by atoms with Crippen LogP contribution < -0.4 is 10.0 Å². The van der Waals surface area contributed by atoms with Crippen molar-refractivity contribution >= 4 is 46.2 Å². The first-order chi connectivity index (χ1) is 17.3. The second-order valence-corrected chi connectivity index (χ2v) is 9.86. The lowest BCUT2D eigenvalue weighted by atomic mass is 9.73. The van der Waals surface area contributed by atoms with E-state index in [-0.39, 0.29) is 11.8 Å². The maximum atomic E-state index is 13.9. The number of anilines is 2. The molecule has 2 amide bonds. The van der Waals surface area contributed by atoms with E-state index < -0.39 is 17.8 Å². The van der Waals surface area contributed by atoms with Crippen LogP contribution in [0.4, 0.5) is 11.4 Å². The number of nitrogens with zero attached hydrogens (tertiary/aromatic N) is 4. The number of hydrogen-bond donors (Lipinski definition) is 0. The van der Waals surface area contributed by atoms with E-state index in [1.807, 2.05) is 94.4 Å². The summed E-state index contributed by atoms with van der Waals surface area (Å²) in [6, 6.07) is 22.7. The van der Waals surface area contributed by atoms with Gasteiger partial charge < -0.3 is 0 Å². The van der Waals surface area contributed by atoms with Crippen LogP contribution in [-0.2, 0) is 9.59 Å². The van der Waals surface area contributed by atoms with Crippen LogP contribution in [0.2, 0.25) is 5.02 Å². The molecule has 2 atom stereocenters. The fourth-order valence-corrected chi connectivity index (χ4v) is 5.29. The summed E-state index contributed by atoms with van der Waals surface area (Å²) in [5.41, 5.74) is 5.58. The zero-order valence-electron chi connectivity index (χ0n) is 20.6. The number of halogens is 1. The first-order valence-electron chi connectivity index (χ1n) is 11.9. The van der Waals surface area contributed by atoms with Crippen LogP contribution in [0.15, 0.2) is 83.0 Å². The zero-order valence-corrected chi connectivity index (χ0v) is 21.4. The number of benzene rings is 3. The number of rotatable bonds is 5. The molecule has 36 heavy (non-hydrogen) atoms. The smallest absolute Gasteiger partial charge is 0.256 e. The maximum Gasteiger partial charge on any atom is 0.256 e. The number of aryl methyl sites for hydroxylation is 2. The molecule has 2 aliphatic rings. The summed E-state index contributed by atoms with van der Waals surface area (Å²) in [7, 11) is 0. The van der Waals surface area contributed by atoms with Gasteiger partial charge in [-0.3, -0.25) is 9.59 Å². The third-order valence-electron chi connectivity index (χ3n) is 6.90. The first kappa shape index (κ1) is 23.9. The lowest BCUT2D eigenvalue weighted by molar-refractivity contribution is -0.122. The van der Waals surface area contributed by atoms with Crippen molar-refractivity contribution in [2.45, 2.75) is 33.6 Å². The number of carbonyl (C=O) groups excluding carboxylic acids is 2. The molecule has 0 spiro atoms. The normalized spacial score (nSPS) is 19.8. The number of hydrogen-bond acceptors (Lipinski definition) is 4. The van der Waals surface area contributed by atoms with E-state index in [1.165, 1.54) is 10.0 Å². The number of carbonyl (C=O) groups is 2. The molecule has 0 bridgehead atoms. The lowest BCUT2D eigenvalue weighted by Crippen LogP contribution is -2.40. The molecule has 0 saturated heterocycles. The second-order valence-electron chi connectivity index (χ2n) is 9.46. The standard InChI is InChI=1S/C29H27ClN4O2/c1-17-9-13-21(14-10-17)33-28(35)25(19(3)31-33)27(23-7-5-6-8-24(23)30)26-20(4)32-34(29(26)36)22-15-11-18(2)12-16-22/h5-16,25-27H,1-4H3/t25-,26-/m0/s1. The molecule has 5 rings (SSSR count). The van der Waals surface area contributed by atoms with Gasteiger partial charge in [0.05, 0.1) is 23.2 Å². The summed E-state index contributed by atoms with van der Waals surface area (Å²) >= 11 is 6.68. The molecular formula is C29H27ClN4O2. The van der Waals surface area contributed by atoms with Gasteiger partial charge in [-0.15, -0.1) is 0 Å². The Balaban J connectivity index is 1.57. The Labute approximate surface area is 215 Å². The Hall–Kier alpha value is -3.77. The highest BCUT2D eigenvalue weighted by Gasteiger charge is 2.50. The average molecular weight is 499 g/mol. The van der Waals surface area contributed by atoms with Crippen molar-refractivity contribution in [1.82, 2.24) is 0 Å². The van der Waals surface area contributed by atoms with Gasteiger partial charge in [-0.05, 0) is 63.6 Å². The van der Waals surface area contributed by atoms with E-state index in [9.17, 15) is 9.59 Å². The van der Waals surface area contributed by atoms with Crippen molar-refractivity contribution in [1.29, 1.82) is 0 Å². The van der Waals surface area contributed by atoms with Crippen LogP contribution in [0.5, 0.6) is 0 Å². The Morgan fingerprint density at radius 1 is 0.667 bits per heavy atom. The second kappa shape index (κ2) is 9.36. The summed E-state index contributed by atoms with van der Waals surface area (Å²) in [5, 5.41) is 12.6. The topological polar surface area (TPSA) is 65.3 Å². The van der Waals surface area contributed by atoms with Gasteiger partial charge in [0.1, 0.15) is 0 Å². The molecule has 0 radical (unpaired) electrons. The van der Waals surface area contributed by atoms with Crippen LogP contribution in [-0.4, -0.2) is 23.2 Å². The van der Waals surface area contributed by atoms with Crippen molar-refractivity contribution in [3.05, 3.63) is 94.5 Å². The summed E-state index contributed by atoms with van der Waals surface area (Å²) in [5.74, 6) is -2.25. The Kier molecular flexibility index (Phi) is 6.22. The third-order valence-corrected chi connectivity index (χ3v) is 7.25. The van der Waals surface area contributed by atoms with Crippen molar-refractivity contribution in [2.24, 2.45) is 22.0 Å². The average Bonchev–Trinajstić information content (AvgIpc) is 3.32. The summed E-state index contributed by atoms with van der Waals surface area (Å²) in [4.78, 5) is 27.8. The van der Waals surface area contributed by atoms with Crippen molar-refractivity contribution in [2.75, 3.05) is 10.0 Å². The molecule has 3 aromatic carbocycles. The van der Waals surface area contributed by atoms with Gasteiger partial charge in [0.2, 0.25) is 0 Å². The predicted molar refractivity (Wildman–Crippen MR) is 145 cm³/mol. The summed E-state index contributed by atoms with van der Waals surface area (Å²) in [6.45, 7) is 7.66. The zero-order chi connectivity index (χ0) is 25.6. The summed E-state index contributed by atoms with van der Waals surface area (Å²) < 4.78 is 0. The molecule has 0 fully saturated rings. The lowest BCUT2D eigenvalue weighted by Gasteiger charge is -2.29. The van der Waals surface area contributed by atoms with Crippen LogP contribution >= 0.6 is 11.6 Å².